The number of nitrogens with zero attached hydrogens (tertiary/aromatic N) is 2. The van der Waals surface area contributed by atoms with Crippen LogP contribution in [0, 0.1) is 41.5 Å². The van der Waals surface area contributed by atoms with Crippen LogP contribution in [0.1, 0.15) is 74.5 Å². The van der Waals surface area contributed by atoms with Crippen LogP contribution < -0.4 is 15.1 Å². The molecule has 1 atom stereocenters. The fraction of sp³-hybridized carbons (Fsp3) is 0.218. The van der Waals surface area contributed by atoms with E-state index in [1.54, 1.807) is 6.92 Å². The molecule has 7 rings (SSSR count). The van der Waals surface area contributed by atoms with Crippen LogP contribution in [0.15, 0.2) is 152 Å². The van der Waals surface area contributed by atoms with Gasteiger partial charge in [-0.1, -0.05) is 127 Å². The second-order valence-electron chi connectivity index (χ2n) is 16.5. The molecule has 0 fully saturated rings. The van der Waals surface area contributed by atoms with Gasteiger partial charge in [-0.05, 0) is 129 Å². The molecule has 5 nitrogen and oxygen atoms in total. The smallest absolute Gasteiger partial charge is 0.333 e. The van der Waals surface area contributed by atoms with Gasteiger partial charge in [0.15, 0.2) is 0 Å². The molecule has 0 amide bonds. The lowest BCUT2D eigenvalue weighted by atomic mass is 9.82. The molecule has 0 aliphatic rings. The lowest BCUT2D eigenvalue weighted by Crippen LogP contribution is -2.20. The summed E-state index contributed by atoms with van der Waals surface area (Å²) in [5, 5.41) is 6.00. The minimum absolute atomic E-state index is 0.0604. The van der Waals surface area contributed by atoms with Crippen molar-refractivity contribution in [1.29, 1.82) is 0 Å². The fourth-order valence-corrected chi connectivity index (χ4v) is 9.07. The Morgan fingerprint density at radius 3 is 1.50 bits per heavy atom. The van der Waals surface area contributed by atoms with Gasteiger partial charge in [-0.25, -0.2) is 4.79 Å². The quantitative estimate of drug-likeness (QED) is 0.0716. The number of hydrogen-bond donors (Lipinski definition) is 1. The molecule has 0 saturated carbocycles. The number of ether oxygens (including phenoxy) is 1. The zero-order valence-electron chi connectivity index (χ0n) is 36.6. The molecular formula is C55H57N3O2. The number of anilines is 5. The van der Waals surface area contributed by atoms with Gasteiger partial charge in [0, 0.05) is 59.4 Å². The van der Waals surface area contributed by atoms with Crippen molar-refractivity contribution < 1.29 is 9.53 Å². The third-order valence-corrected chi connectivity index (χ3v) is 11.7. The zero-order valence-corrected chi connectivity index (χ0v) is 36.6. The minimum atomic E-state index is -0.400. The van der Waals surface area contributed by atoms with E-state index in [1.165, 1.54) is 61.4 Å². The lowest BCUT2D eigenvalue weighted by Gasteiger charge is -2.27. The van der Waals surface area contributed by atoms with E-state index in [1.807, 2.05) is 18.2 Å². The summed E-state index contributed by atoms with van der Waals surface area (Å²) in [6.45, 7) is 18.7. The van der Waals surface area contributed by atoms with Gasteiger partial charge in [0.1, 0.15) is 6.61 Å². The van der Waals surface area contributed by atoms with Crippen molar-refractivity contribution in [3.63, 3.8) is 0 Å². The Hall–Kier alpha value is -6.59. The van der Waals surface area contributed by atoms with Crippen LogP contribution in [0.3, 0.4) is 0 Å². The predicted molar refractivity (Wildman–Crippen MR) is 254 cm³/mol. The van der Waals surface area contributed by atoms with E-state index in [4.69, 9.17) is 4.74 Å². The molecule has 0 heterocycles. The number of rotatable bonds is 13. The summed E-state index contributed by atoms with van der Waals surface area (Å²) in [7, 11) is 4.32. The molecule has 5 heteroatoms. The van der Waals surface area contributed by atoms with E-state index in [-0.39, 0.29) is 18.6 Å². The molecular weight excluding hydrogens is 735 g/mol. The van der Waals surface area contributed by atoms with Crippen LogP contribution in [0.25, 0.3) is 10.8 Å². The number of carbonyl (C=O) groups excluding carboxylic acids is 1. The maximum absolute atomic E-state index is 12.5. The van der Waals surface area contributed by atoms with Crippen molar-refractivity contribution in [2.75, 3.05) is 35.8 Å². The standard InChI is InChI=1S/C55H57N3O2/c1-35(2)55(59)60-34-51(42-16-12-11-13-17-42)56-50-29-28-49(47-18-14-15-19-48(47)50)52(43-20-24-45(25-21-43)57(9)53-38(5)30-36(3)31-39(53)6)44-22-26-46(27-23-44)58(10)54-40(7)32-37(4)33-41(54)8/h11-33,51-52,56H,1,34H2,2-10H3. The van der Waals surface area contributed by atoms with Gasteiger partial charge in [-0.3, -0.25) is 0 Å². The molecule has 0 aliphatic carbocycles. The molecule has 304 valence electrons. The van der Waals surface area contributed by atoms with E-state index in [0.29, 0.717) is 5.57 Å². The predicted octanol–water partition coefficient (Wildman–Crippen LogP) is 13.7. The summed E-state index contributed by atoms with van der Waals surface area (Å²) in [4.78, 5) is 17.1. The first-order valence-corrected chi connectivity index (χ1v) is 20.8. The number of benzene rings is 7. The summed E-state index contributed by atoms with van der Waals surface area (Å²) in [6.07, 6.45) is 0. The number of esters is 1. The normalized spacial score (nSPS) is 11.7. The second-order valence-corrected chi connectivity index (χ2v) is 16.5. The topological polar surface area (TPSA) is 44.8 Å². The van der Waals surface area contributed by atoms with Gasteiger partial charge in [-0.15, -0.1) is 0 Å². The van der Waals surface area contributed by atoms with Crippen molar-refractivity contribution in [2.24, 2.45) is 0 Å². The third-order valence-electron chi connectivity index (χ3n) is 11.7. The van der Waals surface area contributed by atoms with Crippen LogP contribution in [0.2, 0.25) is 0 Å². The van der Waals surface area contributed by atoms with Crippen molar-refractivity contribution in [2.45, 2.75) is 60.4 Å². The average molecular weight is 792 g/mol. The number of aryl methyl sites for hydroxylation is 6. The van der Waals surface area contributed by atoms with Gasteiger partial charge in [0.25, 0.3) is 0 Å². The minimum Gasteiger partial charge on any atom is -0.460 e. The van der Waals surface area contributed by atoms with Gasteiger partial charge < -0.3 is 19.9 Å². The molecule has 0 aliphatic heterocycles. The molecule has 0 saturated heterocycles. The molecule has 0 radical (unpaired) electrons. The monoisotopic (exact) mass is 791 g/mol. The van der Waals surface area contributed by atoms with E-state index >= 15 is 0 Å². The highest BCUT2D eigenvalue weighted by atomic mass is 16.5. The number of hydrogen-bond acceptors (Lipinski definition) is 5. The van der Waals surface area contributed by atoms with E-state index in [2.05, 4.69) is 199 Å². The maximum atomic E-state index is 12.5. The molecule has 0 bridgehead atoms. The molecule has 60 heavy (non-hydrogen) atoms. The summed E-state index contributed by atoms with van der Waals surface area (Å²) in [5.74, 6) is -0.460. The largest absolute Gasteiger partial charge is 0.460 e. The Balaban J connectivity index is 1.31. The Labute approximate surface area is 357 Å². The maximum Gasteiger partial charge on any atom is 0.333 e. The van der Waals surface area contributed by atoms with Gasteiger partial charge in [0.2, 0.25) is 0 Å². The highest BCUT2D eigenvalue weighted by Crippen LogP contribution is 2.42. The second kappa shape index (κ2) is 17.7. The third kappa shape index (κ3) is 8.72. The number of carbonyl (C=O) groups is 1. The Morgan fingerprint density at radius 2 is 1.03 bits per heavy atom. The van der Waals surface area contributed by atoms with E-state index < -0.39 is 5.97 Å². The first-order chi connectivity index (χ1) is 28.8. The molecule has 1 unspecified atom stereocenters. The fourth-order valence-electron chi connectivity index (χ4n) is 9.07. The summed E-state index contributed by atoms with van der Waals surface area (Å²) in [6, 6.07) is 50.1. The summed E-state index contributed by atoms with van der Waals surface area (Å²) >= 11 is 0. The van der Waals surface area contributed by atoms with Crippen LogP contribution in [0.5, 0.6) is 0 Å². The molecule has 0 spiro atoms. The summed E-state index contributed by atoms with van der Waals surface area (Å²) < 4.78 is 5.72. The van der Waals surface area contributed by atoms with Gasteiger partial charge in [-0.2, -0.15) is 0 Å². The number of fused-ring (bicyclic) bond motifs is 1. The van der Waals surface area contributed by atoms with Crippen molar-refractivity contribution in [1.82, 2.24) is 0 Å². The van der Waals surface area contributed by atoms with Crippen LogP contribution >= 0.6 is 0 Å². The Bertz CT molecular complexity index is 2510. The SMILES string of the molecule is C=C(C)C(=O)OCC(Nc1ccc(C(c2ccc(N(C)c3c(C)cc(C)cc3C)cc2)c2ccc(N(C)c3c(C)cc(C)cc3C)cc2)c2ccccc12)c1ccccc1. The Morgan fingerprint density at radius 1 is 0.583 bits per heavy atom. The van der Waals surface area contributed by atoms with Crippen molar-refractivity contribution in [3.05, 3.63) is 207 Å². The van der Waals surface area contributed by atoms with Crippen molar-refractivity contribution >= 4 is 45.2 Å². The lowest BCUT2D eigenvalue weighted by molar-refractivity contribution is -0.139. The average Bonchev–Trinajstić information content (AvgIpc) is 3.22. The highest BCUT2D eigenvalue weighted by Gasteiger charge is 2.23. The van der Waals surface area contributed by atoms with Crippen molar-refractivity contribution in [3.8, 4) is 0 Å². The zero-order chi connectivity index (χ0) is 42.7. The van der Waals surface area contributed by atoms with Crippen LogP contribution in [0.4, 0.5) is 28.4 Å². The highest BCUT2D eigenvalue weighted by molar-refractivity contribution is 5.97. The van der Waals surface area contributed by atoms with Gasteiger partial charge >= 0.3 is 5.97 Å². The first kappa shape index (κ1) is 41.6. The summed E-state index contributed by atoms with van der Waals surface area (Å²) in [5.41, 5.74) is 18.3. The Kier molecular flexibility index (Phi) is 12.3. The van der Waals surface area contributed by atoms with E-state index in [9.17, 15) is 4.79 Å². The molecule has 7 aromatic rings. The molecule has 0 aromatic heterocycles. The molecule has 7 aromatic carbocycles. The van der Waals surface area contributed by atoms with Crippen LogP contribution in [-0.4, -0.2) is 26.7 Å². The number of nitrogens with one attached hydrogen (secondary N) is 1. The first-order valence-electron chi connectivity index (χ1n) is 20.8. The van der Waals surface area contributed by atoms with E-state index in [0.717, 1.165) is 33.4 Å². The van der Waals surface area contributed by atoms with Crippen LogP contribution in [-0.2, 0) is 9.53 Å². The van der Waals surface area contributed by atoms with Gasteiger partial charge in [0.05, 0.1) is 6.04 Å². The molecule has 1 N–H and O–H groups in total.